The lowest BCUT2D eigenvalue weighted by atomic mass is 9.97. The van der Waals surface area contributed by atoms with Gasteiger partial charge in [0.2, 0.25) is 0 Å². The number of rotatable bonds is 6. The lowest BCUT2D eigenvalue weighted by molar-refractivity contribution is 0.125. The van der Waals surface area contributed by atoms with Gasteiger partial charge in [0.15, 0.2) is 0 Å². The molecule has 0 amide bonds. The average molecular weight is 253 g/mol. The molecule has 3 heteroatoms. The van der Waals surface area contributed by atoms with Crippen molar-refractivity contribution in [3.63, 3.8) is 0 Å². The van der Waals surface area contributed by atoms with Crippen LogP contribution in [0.4, 0.5) is 4.39 Å². The monoisotopic (exact) mass is 253 g/mol. The highest BCUT2D eigenvalue weighted by molar-refractivity contribution is 5.19. The Morgan fingerprint density at radius 1 is 1.11 bits per heavy atom. The van der Waals surface area contributed by atoms with Gasteiger partial charge in [0, 0.05) is 12.1 Å². The lowest BCUT2D eigenvalue weighted by Gasteiger charge is -2.27. The Balaban J connectivity index is 2.61. The van der Waals surface area contributed by atoms with Gasteiger partial charge in [0.25, 0.3) is 0 Å². The molecule has 4 atom stereocenters. The number of aliphatic hydroxyl groups excluding tert-OH is 1. The second kappa shape index (κ2) is 6.86. The van der Waals surface area contributed by atoms with Gasteiger partial charge in [-0.1, -0.05) is 32.4 Å². The van der Waals surface area contributed by atoms with E-state index in [1.807, 2.05) is 6.92 Å². The Hall–Kier alpha value is -0.930. The molecular formula is C15H24FNO. The number of aliphatic hydroxyl groups is 1. The second-order valence-electron chi connectivity index (χ2n) is 5.13. The van der Waals surface area contributed by atoms with Gasteiger partial charge in [0.1, 0.15) is 5.82 Å². The summed E-state index contributed by atoms with van der Waals surface area (Å²) in [5.74, 6) is 0.285. The predicted octanol–water partition coefficient (Wildman–Crippen LogP) is 3.27. The van der Waals surface area contributed by atoms with Crippen LogP contribution in [0.2, 0.25) is 0 Å². The molecule has 0 aliphatic carbocycles. The van der Waals surface area contributed by atoms with Crippen molar-refractivity contribution >= 4 is 0 Å². The molecule has 0 aliphatic rings. The molecule has 1 aromatic rings. The standard InChI is InChI=1S/C15H24FNO/c1-5-10(2)11(3)17-12(4)15(18)13-6-8-14(16)9-7-13/h6-12,15,17-18H,5H2,1-4H3. The fraction of sp³-hybridized carbons (Fsp3) is 0.600. The van der Waals surface area contributed by atoms with Crippen LogP contribution in [0.3, 0.4) is 0 Å². The number of benzene rings is 1. The third-order valence-corrected chi connectivity index (χ3v) is 3.71. The van der Waals surface area contributed by atoms with Crippen LogP contribution >= 0.6 is 0 Å². The molecule has 2 N–H and O–H groups in total. The molecule has 0 aromatic heterocycles. The van der Waals surface area contributed by atoms with E-state index in [0.29, 0.717) is 12.0 Å². The molecule has 0 saturated heterocycles. The van der Waals surface area contributed by atoms with Crippen molar-refractivity contribution in [3.05, 3.63) is 35.6 Å². The molecule has 0 spiro atoms. The van der Waals surface area contributed by atoms with Crippen LogP contribution in [-0.4, -0.2) is 17.2 Å². The Morgan fingerprint density at radius 3 is 2.17 bits per heavy atom. The summed E-state index contributed by atoms with van der Waals surface area (Å²) in [4.78, 5) is 0. The van der Waals surface area contributed by atoms with E-state index < -0.39 is 6.10 Å². The topological polar surface area (TPSA) is 32.3 Å². The quantitative estimate of drug-likeness (QED) is 0.815. The summed E-state index contributed by atoms with van der Waals surface area (Å²) in [7, 11) is 0. The fourth-order valence-electron chi connectivity index (χ4n) is 1.97. The predicted molar refractivity (Wildman–Crippen MR) is 72.9 cm³/mol. The van der Waals surface area contributed by atoms with Gasteiger partial charge in [-0.2, -0.15) is 0 Å². The molecule has 102 valence electrons. The van der Waals surface area contributed by atoms with E-state index in [-0.39, 0.29) is 11.9 Å². The minimum atomic E-state index is -0.614. The van der Waals surface area contributed by atoms with Crippen molar-refractivity contribution in [2.24, 2.45) is 5.92 Å². The van der Waals surface area contributed by atoms with Crippen molar-refractivity contribution in [1.29, 1.82) is 0 Å². The maximum absolute atomic E-state index is 12.8. The molecule has 1 aromatic carbocycles. The van der Waals surface area contributed by atoms with Gasteiger partial charge in [-0.3, -0.25) is 0 Å². The molecule has 0 heterocycles. The van der Waals surface area contributed by atoms with Crippen molar-refractivity contribution in [2.45, 2.75) is 52.3 Å². The summed E-state index contributed by atoms with van der Waals surface area (Å²) < 4.78 is 12.8. The largest absolute Gasteiger partial charge is 0.387 e. The molecule has 0 bridgehead atoms. The van der Waals surface area contributed by atoms with Crippen molar-refractivity contribution < 1.29 is 9.50 Å². The third kappa shape index (κ3) is 4.07. The van der Waals surface area contributed by atoms with E-state index >= 15 is 0 Å². The fourth-order valence-corrected chi connectivity index (χ4v) is 1.97. The van der Waals surface area contributed by atoms with Gasteiger partial charge in [0.05, 0.1) is 6.10 Å². The Kier molecular flexibility index (Phi) is 5.76. The lowest BCUT2D eigenvalue weighted by Crippen LogP contribution is -2.41. The number of hydrogen-bond donors (Lipinski definition) is 2. The van der Waals surface area contributed by atoms with Gasteiger partial charge < -0.3 is 10.4 Å². The first kappa shape index (κ1) is 15.1. The first-order valence-electron chi connectivity index (χ1n) is 6.65. The molecule has 0 radical (unpaired) electrons. The molecule has 4 unspecified atom stereocenters. The maximum atomic E-state index is 12.8. The Labute approximate surface area is 109 Å². The summed E-state index contributed by atoms with van der Waals surface area (Å²) in [6.45, 7) is 8.42. The van der Waals surface area contributed by atoms with E-state index in [2.05, 4.69) is 26.1 Å². The van der Waals surface area contributed by atoms with Crippen molar-refractivity contribution in [2.75, 3.05) is 0 Å². The highest BCUT2D eigenvalue weighted by atomic mass is 19.1. The van der Waals surface area contributed by atoms with Crippen molar-refractivity contribution in [3.8, 4) is 0 Å². The van der Waals surface area contributed by atoms with E-state index in [1.165, 1.54) is 12.1 Å². The number of halogens is 1. The SMILES string of the molecule is CCC(C)C(C)NC(C)C(O)c1ccc(F)cc1. The van der Waals surface area contributed by atoms with E-state index in [4.69, 9.17) is 0 Å². The number of nitrogens with one attached hydrogen (secondary N) is 1. The zero-order valence-corrected chi connectivity index (χ0v) is 11.7. The van der Waals surface area contributed by atoms with Crippen LogP contribution in [0, 0.1) is 11.7 Å². The summed E-state index contributed by atoms with van der Waals surface area (Å²) in [5, 5.41) is 13.6. The number of hydrogen-bond acceptors (Lipinski definition) is 2. The first-order valence-corrected chi connectivity index (χ1v) is 6.65. The molecule has 2 nitrogen and oxygen atoms in total. The minimum absolute atomic E-state index is 0.0561. The van der Waals surface area contributed by atoms with Crippen LogP contribution < -0.4 is 5.32 Å². The van der Waals surface area contributed by atoms with Gasteiger partial charge in [-0.25, -0.2) is 4.39 Å². The average Bonchev–Trinajstić information content (AvgIpc) is 2.37. The summed E-state index contributed by atoms with van der Waals surface area (Å²) in [5.41, 5.74) is 0.743. The van der Waals surface area contributed by atoms with Crippen LogP contribution in [0.5, 0.6) is 0 Å². The molecule has 18 heavy (non-hydrogen) atoms. The summed E-state index contributed by atoms with van der Waals surface area (Å²) in [6, 6.07) is 6.31. The highest BCUT2D eigenvalue weighted by Crippen LogP contribution is 2.18. The normalized spacial score (nSPS) is 18.1. The summed E-state index contributed by atoms with van der Waals surface area (Å²) >= 11 is 0. The van der Waals surface area contributed by atoms with Crippen LogP contribution in [0.25, 0.3) is 0 Å². The van der Waals surface area contributed by atoms with E-state index in [0.717, 1.165) is 12.0 Å². The van der Waals surface area contributed by atoms with E-state index in [9.17, 15) is 9.50 Å². The second-order valence-corrected chi connectivity index (χ2v) is 5.13. The molecule has 0 saturated carbocycles. The highest BCUT2D eigenvalue weighted by Gasteiger charge is 2.20. The van der Waals surface area contributed by atoms with Gasteiger partial charge in [-0.15, -0.1) is 0 Å². The summed E-state index contributed by atoms with van der Waals surface area (Å²) in [6.07, 6.45) is 0.491. The zero-order chi connectivity index (χ0) is 13.7. The zero-order valence-electron chi connectivity index (χ0n) is 11.7. The Morgan fingerprint density at radius 2 is 1.67 bits per heavy atom. The molecule has 0 fully saturated rings. The molecular weight excluding hydrogens is 229 g/mol. The first-order chi connectivity index (χ1) is 8.45. The van der Waals surface area contributed by atoms with Gasteiger partial charge >= 0.3 is 0 Å². The van der Waals surface area contributed by atoms with Gasteiger partial charge in [-0.05, 0) is 37.5 Å². The molecule has 1 rings (SSSR count). The smallest absolute Gasteiger partial charge is 0.123 e. The minimum Gasteiger partial charge on any atom is -0.387 e. The Bertz CT molecular complexity index is 352. The van der Waals surface area contributed by atoms with Crippen LogP contribution in [0.1, 0.15) is 45.8 Å². The van der Waals surface area contributed by atoms with Crippen molar-refractivity contribution in [1.82, 2.24) is 5.32 Å². The van der Waals surface area contributed by atoms with Crippen LogP contribution in [0.15, 0.2) is 24.3 Å². The third-order valence-electron chi connectivity index (χ3n) is 3.71. The van der Waals surface area contributed by atoms with E-state index in [1.54, 1.807) is 12.1 Å². The maximum Gasteiger partial charge on any atom is 0.123 e. The molecule has 0 aliphatic heterocycles. The van der Waals surface area contributed by atoms with Crippen LogP contribution in [-0.2, 0) is 0 Å².